The van der Waals surface area contributed by atoms with Crippen LogP contribution in [0.2, 0.25) is 0 Å². The first-order valence-corrected chi connectivity index (χ1v) is 12.7. The summed E-state index contributed by atoms with van der Waals surface area (Å²) in [6.45, 7) is 1.48. The zero-order valence-electron chi connectivity index (χ0n) is 16.5. The van der Waals surface area contributed by atoms with Crippen molar-refractivity contribution < 1.29 is 13.2 Å². The van der Waals surface area contributed by atoms with Gasteiger partial charge in [0.05, 0.1) is 0 Å². The van der Waals surface area contributed by atoms with Gasteiger partial charge in [-0.2, -0.15) is 4.31 Å². The van der Waals surface area contributed by atoms with Gasteiger partial charge in [-0.1, -0.05) is 49.2 Å². The minimum Gasteiger partial charge on any atom is -0.355 e. The Bertz CT molecular complexity index is 912. The topological polar surface area (TPSA) is 66.5 Å². The monoisotopic (exact) mass is 432 g/mol. The highest BCUT2D eigenvalue weighted by Gasteiger charge is 2.37. The molecule has 1 aromatic carbocycles. The first-order chi connectivity index (χ1) is 14.0. The fourth-order valence-corrected chi connectivity index (χ4v) is 7.32. The number of nitrogens with zero attached hydrogens (tertiary/aromatic N) is 1. The predicted octanol–water partition coefficient (Wildman–Crippen LogP) is 3.78. The van der Waals surface area contributed by atoms with Gasteiger partial charge in [0.15, 0.2) is 0 Å². The van der Waals surface area contributed by atoms with Crippen LogP contribution in [0.1, 0.15) is 44.1 Å². The number of thiophene rings is 1. The van der Waals surface area contributed by atoms with Gasteiger partial charge in [0.1, 0.15) is 4.21 Å². The number of carbonyl (C=O) groups excluding carboxylic acids is 1. The molecule has 1 aromatic heterocycles. The number of hydrogen-bond donors (Lipinski definition) is 1. The molecule has 1 saturated heterocycles. The van der Waals surface area contributed by atoms with Crippen LogP contribution in [-0.2, 0) is 20.2 Å². The van der Waals surface area contributed by atoms with Gasteiger partial charge in [-0.3, -0.25) is 4.79 Å². The molecule has 1 amide bonds. The highest BCUT2D eigenvalue weighted by molar-refractivity contribution is 7.91. The smallest absolute Gasteiger partial charge is 0.252 e. The Kier molecular flexibility index (Phi) is 6.08. The van der Waals surface area contributed by atoms with Crippen LogP contribution in [0.25, 0.3) is 0 Å². The normalized spacial score (nSPS) is 20.6. The standard InChI is InChI=1S/C22H28N2O3S2/c25-21(23-17-22(12-4-5-13-22)19-7-2-1-3-8-19)18-10-14-24(15-11-18)29(26,27)20-9-6-16-28-20/h1-3,6-9,16,18H,4-5,10-15,17H2,(H,23,25). The molecule has 4 rings (SSSR count). The van der Waals surface area contributed by atoms with Crippen molar-refractivity contribution in [3.05, 3.63) is 53.4 Å². The van der Waals surface area contributed by atoms with Crippen molar-refractivity contribution in [2.45, 2.75) is 48.1 Å². The lowest BCUT2D eigenvalue weighted by Gasteiger charge is -2.33. The second-order valence-corrected chi connectivity index (χ2v) is 11.3. The number of rotatable bonds is 6. The molecule has 156 valence electrons. The van der Waals surface area contributed by atoms with E-state index in [0.717, 1.165) is 12.8 Å². The average Bonchev–Trinajstić information content (AvgIpc) is 3.46. The lowest BCUT2D eigenvalue weighted by Crippen LogP contribution is -2.45. The summed E-state index contributed by atoms with van der Waals surface area (Å²) in [6, 6.07) is 13.9. The SMILES string of the molecule is O=C(NCC1(c2ccccc2)CCCC1)C1CCN(S(=O)(=O)c2cccs2)CC1. The molecule has 1 aliphatic carbocycles. The van der Waals surface area contributed by atoms with Crippen molar-refractivity contribution in [2.24, 2.45) is 5.92 Å². The highest BCUT2D eigenvalue weighted by atomic mass is 32.2. The summed E-state index contributed by atoms with van der Waals surface area (Å²) in [4.78, 5) is 12.8. The number of carbonyl (C=O) groups is 1. The van der Waals surface area contributed by atoms with Crippen LogP contribution in [-0.4, -0.2) is 38.3 Å². The van der Waals surface area contributed by atoms with Gasteiger partial charge in [-0.15, -0.1) is 11.3 Å². The van der Waals surface area contributed by atoms with Gasteiger partial charge in [0, 0.05) is 31.0 Å². The maximum Gasteiger partial charge on any atom is 0.252 e. The van der Waals surface area contributed by atoms with Crippen molar-refractivity contribution in [2.75, 3.05) is 19.6 Å². The van der Waals surface area contributed by atoms with E-state index in [4.69, 9.17) is 0 Å². The number of benzene rings is 1. The van der Waals surface area contributed by atoms with Gasteiger partial charge < -0.3 is 5.32 Å². The van der Waals surface area contributed by atoms with E-state index < -0.39 is 10.0 Å². The van der Waals surface area contributed by atoms with E-state index in [2.05, 4.69) is 29.6 Å². The van der Waals surface area contributed by atoms with Crippen LogP contribution >= 0.6 is 11.3 Å². The third-order valence-corrected chi connectivity index (χ3v) is 9.73. The van der Waals surface area contributed by atoms with E-state index in [1.165, 1.54) is 34.0 Å². The highest BCUT2D eigenvalue weighted by Crippen LogP contribution is 2.40. The van der Waals surface area contributed by atoms with Gasteiger partial charge in [-0.25, -0.2) is 8.42 Å². The summed E-state index contributed by atoms with van der Waals surface area (Å²) in [5, 5.41) is 4.99. The average molecular weight is 433 g/mol. The van der Waals surface area contributed by atoms with Gasteiger partial charge in [0.2, 0.25) is 5.91 Å². The van der Waals surface area contributed by atoms with Crippen molar-refractivity contribution in [3.63, 3.8) is 0 Å². The Morgan fingerprint density at radius 2 is 1.76 bits per heavy atom. The molecule has 7 heteroatoms. The van der Waals surface area contributed by atoms with E-state index in [-0.39, 0.29) is 17.2 Å². The zero-order chi connectivity index (χ0) is 20.3. The first-order valence-electron chi connectivity index (χ1n) is 10.4. The maximum atomic E-state index is 12.8. The summed E-state index contributed by atoms with van der Waals surface area (Å²) < 4.78 is 27.2. The molecule has 2 aliphatic rings. The van der Waals surface area contributed by atoms with Crippen molar-refractivity contribution in [1.29, 1.82) is 0 Å². The lowest BCUT2D eigenvalue weighted by atomic mass is 9.78. The summed E-state index contributed by atoms with van der Waals surface area (Å²) in [5.41, 5.74) is 1.36. The molecule has 1 N–H and O–H groups in total. The molecule has 1 saturated carbocycles. The molecular weight excluding hydrogens is 404 g/mol. The Hall–Kier alpha value is -1.70. The lowest BCUT2D eigenvalue weighted by molar-refractivity contribution is -0.126. The minimum atomic E-state index is -3.42. The Morgan fingerprint density at radius 3 is 2.38 bits per heavy atom. The van der Waals surface area contributed by atoms with Crippen LogP contribution in [0, 0.1) is 5.92 Å². The van der Waals surface area contributed by atoms with Crippen LogP contribution in [0.3, 0.4) is 0 Å². The van der Waals surface area contributed by atoms with Gasteiger partial charge >= 0.3 is 0 Å². The number of sulfonamides is 1. The first kappa shape index (κ1) is 20.6. The quantitative estimate of drug-likeness (QED) is 0.755. The molecule has 2 aromatic rings. The number of nitrogens with one attached hydrogen (secondary N) is 1. The Balaban J connectivity index is 1.34. The molecule has 0 unspecified atom stereocenters. The number of piperidine rings is 1. The van der Waals surface area contributed by atoms with Crippen LogP contribution < -0.4 is 5.32 Å². The van der Waals surface area contributed by atoms with Crippen molar-refractivity contribution in [1.82, 2.24) is 9.62 Å². The molecule has 0 bridgehead atoms. The van der Waals surface area contributed by atoms with Gasteiger partial charge in [-0.05, 0) is 42.7 Å². The van der Waals surface area contributed by atoms with Crippen molar-refractivity contribution >= 4 is 27.3 Å². The minimum absolute atomic E-state index is 0.0418. The third kappa shape index (κ3) is 4.27. The Morgan fingerprint density at radius 1 is 1.07 bits per heavy atom. The molecular formula is C22H28N2O3S2. The molecule has 29 heavy (non-hydrogen) atoms. The van der Waals surface area contributed by atoms with E-state index in [1.54, 1.807) is 17.5 Å². The molecule has 0 spiro atoms. The van der Waals surface area contributed by atoms with E-state index in [9.17, 15) is 13.2 Å². The molecule has 1 aliphatic heterocycles. The molecule has 2 heterocycles. The zero-order valence-corrected chi connectivity index (χ0v) is 18.2. The Labute approximate surface area is 177 Å². The molecule has 2 fully saturated rings. The molecule has 5 nitrogen and oxygen atoms in total. The van der Waals surface area contributed by atoms with E-state index >= 15 is 0 Å². The summed E-state index contributed by atoms with van der Waals surface area (Å²) in [6.07, 6.45) is 5.76. The summed E-state index contributed by atoms with van der Waals surface area (Å²) >= 11 is 1.24. The van der Waals surface area contributed by atoms with Crippen molar-refractivity contribution in [3.8, 4) is 0 Å². The maximum absolute atomic E-state index is 12.8. The summed E-state index contributed by atoms with van der Waals surface area (Å²) in [7, 11) is -3.42. The van der Waals surface area contributed by atoms with Gasteiger partial charge in [0.25, 0.3) is 10.0 Å². The number of amides is 1. The number of hydrogen-bond acceptors (Lipinski definition) is 4. The van der Waals surface area contributed by atoms with Crippen LogP contribution in [0.5, 0.6) is 0 Å². The van der Waals surface area contributed by atoms with Crippen LogP contribution in [0.4, 0.5) is 0 Å². The van der Waals surface area contributed by atoms with Crippen LogP contribution in [0.15, 0.2) is 52.1 Å². The second kappa shape index (κ2) is 8.58. The third-order valence-electron chi connectivity index (χ3n) is 6.46. The summed E-state index contributed by atoms with van der Waals surface area (Å²) in [5.74, 6) is -0.0422. The molecule has 0 radical (unpaired) electrons. The largest absolute Gasteiger partial charge is 0.355 e. The predicted molar refractivity (Wildman–Crippen MR) is 115 cm³/mol. The molecule has 0 atom stereocenters. The fourth-order valence-electron chi connectivity index (χ4n) is 4.71. The van der Waals surface area contributed by atoms with E-state index in [0.29, 0.717) is 36.7 Å². The second-order valence-electron chi connectivity index (χ2n) is 8.18. The van der Waals surface area contributed by atoms with E-state index in [1.807, 2.05) is 6.07 Å². The fraction of sp³-hybridized carbons (Fsp3) is 0.500.